The number of carbonyl (C=O) groups is 1. The Balaban J connectivity index is 1.69. The van der Waals surface area contributed by atoms with E-state index in [1.54, 1.807) is 6.92 Å². The van der Waals surface area contributed by atoms with Crippen molar-refractivity contribution in [3.05, 3.63) is 39.9 Å². The first-order chi connectivity index (χ1) is 13.3. The van der Waals surface area contributed by atoms with E-state index in [-0.39, 0.29) is 5.91 Å². The number of carbonyl (C=O) groups excluding carboxylic acids is 1. The molecule has 4 nitrogen and oxygen atoms in total. The van der Waals surface area contributed by atoms with Gasteiger partial charge in [0.25, 0.3) is 0 Å². The Labute approximate surface area is 169 Å². The molecule has 2 aromatic rings. The smallest absolute Gasteiger partial charge is 0.316 e. The molecule has 1 atom stereocenters. The molecule has 0 saturated carbocycles. The molecule has 1 N–H and O–H groups in total. The lowest BCUT2D eigenvalue weighted by Crippen LogP contribution is -2.22. The summed E-state index contributed by atoms with van der Waals surface area (Å²) < 4.78 is 37.8. The minimum atomic E-state index is -4.44. The molecule has 1 aliphatic carbocycles. The third kappa shape index (κ3) is 4.67. The number of halogens is 3. The number of anilines is 1. The number of amides is 1. The lowest BCUT2D eigenvalue weighted by atomic mass is 10.1. The lowest BCUT2D eigenvalue weighted by Gasteiger charge is -2.12. The highest BCUT2D eigenvalue weighted by Crippen LogP contribution is 2.37. The number of nitriles is 1. The summed E-state index contributed by atoms with van der Waals surface area (Å²) >= 11 is 2.53. The molecule has 1 unspecified atom stereocenters. The number of hydrogen-bond acceptors (Lipinski definition) is 5. The number of fused-ring (bicyclic) bond motifs is 1. The maximum absolute atomic E-state index is 12.6. The normalized spacial score (nSPS) is 15.2. The van der Waals surface area contributed by atoms with Gasteiger partial charge in [-0.1, -0.05) is 18.2 Å². The highest BCUT2D eigenvalue weighted by atomic mass is 32.2. The predicted octanol–water partition coefficient (Wildman–Crippen LogP) is 5.42. The topological polar surface area (TPSA) is 65.8 Å². The predicted molar refractivity (Wildman–Crippen MR) is 103 cm³/mol. The van der Waals surface area contributed by atoms with E-state index in [1.807, 2.05) is 0 Å². The van der Waals surface area contributed by atoms with Crippen LogP contribution in [0.3, 0.4) is 0 Å². The number of aryl methyl sites for hydroxylation is 1. The lowest BCUT2D eigenvalue weighted by molar-refractivity contribution is -0.137. The number of thiophene rings is 1. The van der Waals surface area contributed by atoms with Crippen molar-refractivity contribution in [2.75, 3.05) is 5.32 Å². The zero-order valence-electron chi connectivity index (χ0n) is 15.1. The van der Waals surface area contributed by atoms with Crippen LogP contribution in [0.15, 0.2) is 23.4 Å². The first-order valence-electron chi connectivity index (χ1n) is 8.85. The summed E-state index contributed by atoms with van der Waals surface area (Å²) in [7, 11) is 0. The molecule has 1 aliphatic rings. The van der Waals surface area contributed by atoms with Gasteiger partial charge in [-0.2, -0.15) is 18.4 Å². The Morgan fingerprint density at radius 2 is 2.07 bits per heavy atom. The van der Waals surface area contributed by atoms with Crippen LogP contribution < -0.4 is 5.32 Å². The number of hydrogen-bond donors (Lipinski definition) is 1. The second-order valence-electron chi connectivity index (χ2n) is 6.51. The first kappa shape index (κ1) is 20.7. The van der Waals surface area contributed by atoms with Crippen LogP contribution in [0.4, 0.5) is 18.2 Å². The number of rotatable bonds is 4. The van der Waals surface area contributed by atoms with Gasteiger partial charge in [0, 0.05) is 11.1 Å². The molecule has 2 aromatic heterocycles. The zero-order valence-corrected chi connectivity index (χ0v) is 16.7. The first-order valence-corrected chi connectivity index (χ1v) is 10.5. The second kappa shape index (κ2) is 8.53. The van der Waals surface area contributed by atoms with Crippen LogP contribution in [0.25, 0.3) is 0 Å². The summed E-state index contributed by atoms with van der Waals surface area (Å²) in [4.78, 5) is 17.5. The van der Waals surface area contributed by atoms with Gasteiger partial charge in [0.2, 0.25) is 5.91 Å². The Morgan fingerprint density at radius 3 is 2.71 bits per heavy atom. The average Bonchev–Trinajstić information content (AvgIpc) is 2.81. The molecule has 0 fully saturated rings. The quantitative estimate of drug-likeness (QED) is 0.525. The van der Waals surface area contributed by atoms with E-state index in [4.69, 9.17) is 0 Å². The number of nitrogens with zero attached hydrogens (tertiary/aromatic N) is 2. The van der Waals surface area contributed by atoms with Gasteiger partial charge < -0.3 is 5.32 Å². The van der Waals surface area contributed by atoms with Crippen LogP contribution >= 0.6 is 23.1 Å². The molecule has 28 heavy (non-hydrogen) atoms. The van der Waals surface area contributed by atoms with E-state index in [2.05, 4.69) is 16.4 Å². The molecule has 148 valence electrons. The van der Waals surface area contributed by atoms with Gasteiger partial charge in [-0.3, -0.25) is 4.79 Å². The van der Waals surface area contributed by atoms with Crippen molar-refractivity contribution in [2.24, 2.45) is 0 Å². The minimum Gasteiger partial charge on any atom is -0.316 e. The molecule has 9 heteroatoms. The summed E-state index contributed by atoms with van der Waals surface area (Å²) in [5.74, 6) is -0.306. The van der Waals surface area contributed by atoms with Crippen molar-refractivity contribution in [1.29, 1.82) is 5.26 Å². The molecule has 1 amide bonds. The van der Waals surface area contributed by atoms with Crippen LogP contribution in [0.5, 0.6) is 0 Å². The highest BCUT2D eigenvalue weighted by molar-refractivity contribution is 8.00. The summed E-state index contributed by atoms with van der Waals surface area (Å²) in [5, 5.41) is 12.7. The molecule has 0 bridgehead atoms. The Kier molecular flexibility index (Phi) is 6.30. The Bertz CT molecular complexity index is 901. The monoisotopic (exact) mass is 425 g/mol. The van der Waals surface area contributed by atoms with Crippen molar-refractivity contribution >= 4 is 34.0 Å². The maximum Gasteiger partial charge on any atom is 0.417 e. The molecule has 2 heterocycles. The van der Waals surface area contributed by atoms with E-state index < -0.39 is 17.0 Å². The van der Waals surface area contributed by atoms with E-state index in [9.17, 15) is 23.2 Å². The Morgan fingerprint density at radius 1 is 1.32 bits per heavy atom. The molecule has 0 spiro atoms. The number of thioether (sulfide) groups is 1. The third-order valence-electron chi connectivity index (χ3n) is 4.50. The van der Waals surface area contributed by atoms with Crippen molar-refractivity contribution in [2.45, 2.75) is 55.5 Å². The van der Waals surface area contributed by atoms with Gasteiger partial charge in [0.1, 0.15) is 11.1 Å². The van der Waals surface area contributed by atoms with Gasteiger partial charge in [-0.15, -0.1) is 11.3 Å². The summed E-state index contributed by atoms with van der Waals surface area (Å²) in [6, 6.07) is 4.42. The molecule has 0 saturated heterocycles. The van der Waals surface area contributed by atoms with E-state index in [0.29, 0.717) is 15.6 Å². The number of aromatic nitrogens is 1. The van der Waals surface area contributed by atoms with Crippen LogP contribution in [0, 0.1) is 11.3 Å². The summed E-state index contributed by atoms with van der Waals surface area (Å²) in [6.45, 7) is 1.66. The zero-order chi connectivity index (χ0) is 20.3. The fourth-order valence-corrected chi connectivity index (χ4v) is 5.05. The standard InChI is InChI=1S/C19H18F3N3OS2/c1-11(27-16-8-7-12(10-24-16)19(20,21)22)17(26)25-18-14(9-23)13-5-3-2-4-6-15(13)28-18/h7-8,10-11H,2-6H2,1H3,(H,25,26). The third-order valence-corrected chi connectivity index (χ3v) is 6.76. The van der Waals surface area contributed by atoms with E-state index >= 15 is 0 Å². The van der Waals surface area contributed by atoms with Crippen molar-refractivity contribution in [1.82, 2.24) is 4.98 Å². The van der Waals surface area contributed by atoms with Crippen molar-refractivity contribution in [3.8, 4) is 6.07 Å². The fourth-order valence-electron chi connectivity index (χ4n) is 3.01. The van der Waals surface area contributed by atoms with Gasteiger partial charge >= 0.3 is 6.18 Å². The van der Waals surface area contributed by atoms with Crippen LogP contribution in [0.2, 0.25) is 0 Å². The Hall–Kier alpha value is -2.05. The number of alkyl halides is 3. The largest absolute Gasteiger partial charge is 0.417 e. The van der Waals surface area contributed by atoms with Crippen LogP contribution in [-0.2, 0) is 23.8 Å². The molecule has 0 aliphatic heterocycles. The van der Waals surface area contributed by atoms with E-state index in [0.717, 1.165) is 66.6 Å². The molecular weight excluding hydrogens is 407 g/mol. The minimum absolute atomic E-state index is 0.306. The van der Waals surface area contributed by atoms with E-state index in [1.165, 1.54) is 17.4 Å². The molecule has 0 aromatic carbocycles. The van der Waals surface area contributed by atoms with Crippen molar-refractivity contribution < 1.29 is 18.0 Å². The summed E-state index contributed by atoms with van der Waals surface area (Å²) in [6.07, 6.45) is 1.35. The van der Waals surface area contributed by atoms with Gasteiger partial charge in [0.15, 0.2) is 0 Å². The van der Waals surface area contributed by atoms with Crippen molar-refractivity contribution in [3.63, 3.8) is 0 Å². The van der Waals surface area contributed by atoms with Crippen LogP contribution in [0.1, 0.15) is 47.8 Å². The molecule has 3 rings (SSSR count). The molecule has 0 radical (unpaired) electrons. The second-order valence-corrected chi connectivity index (χ2v) is 8.98. The SMILES string of the molecule is CC(Sc1ccc(C(F)(F)F)cn1)C(=O)Nc1sc2c(c1C#N)CCCCC2. The number of pyridine rings is 1. The number of nitrogens with one attached hydrogen (secondary N) is 1. The van der Waals surface area contributed by atoms with Crippen LogP contribution in [-0.4, -0.2) is 16.1 Å². The van der Waals surface area contributed by atoms with Gasteiger partial charge in [-0.05, 0) is 50.3 Å². The van der Waals surface area contributed by atoms with Gasteiger partial charge in [0.05, 0.1) is 21.4 Å². The average molecular weight is 426 g/mol. The summed E-state index contributed by atoms with van der Waals surface area (Å²) in [5.41, 5.74) is 0.762. The highest BCUT2D eigenvalue weighted by Gasteiger charge is 2.31. The molecular formula is C19H18F3N3OS2. The van der Waals surface area contributed by atoms with Gasteiger partial charge in [-0.25, -0.2) is 4.98 Å². The fraction of sp³-hybridized carbons (Fsp3) is 0.421. The maximum atomic E-state index is 12.6.